The molecule has 7 atom stereocenters. The second-order valence-electron chi connectivity index (χ2n) is 10.0. The van der Waals surface area contributed by atoms with Crippen LogP contribution >= 0.6 is 0 Å². The number of fused-ring (bicyclic) bond motifs is 3. The third-order valence-corrected chi connectivity index (χ3v) is 6.99. The van der Waals surface area contributed by atoms with Crippen LogP contribution in [0.15, 0.2) is 35.5 Å². The molecule has 2 heterocycles. The first-order chi connectivity index (χ1) is 14.6. The highest BCUT2D eigenvalue weighted by Crippen LogP contribution is 2.50. The fourth-order valence-electron chi connectivity index (χ4n) is 5.39. The molecule has 0 N–H and O–H groups in total. The van der Waals surface area contributed by atoms with E-state index in [0.29, 0.717) is 11.8 Å². The number of allylic oxidation sites excluding steroid dienone is 3. The fourth-order valence-corrected chi connectivity index (χ4v) is 5.39. The van der Waals surface area contributed by atoms with Crippen molar-refractivity contribution in [3.05, 3.63) is 35.5 Å². The predicted octanol–water partition coefficient (Wildman–Crippen LogP) is 5.16. The van der Waals surface area contributed by atoms with Gasteiger partial charge in [0.2, 0.25) is 5.78 Å². The zero-order valence-electron chi connectivity index (χ0n) is 19.9. The maximum Gasteiger partial charge on any atom is 0.331 e. The molecule has 0 aromatic carbocycles. The molecule has 2 aliphatic heterocycles. The Labute approximate surface area is 186 Å². The van der Waals surface area contributed by atoms with E-state index in [1.54, 1.807) is 6.92 Å². The van der Waals surface area contributed by atoms with Crippen molar-refractivity contribution in [1.29, 1.82) is 0 Å². The van der Waals surface area contributed by atoms with Gasteiger partial charge in [-0.15, -0.1) is 0 Å². The van der Waals surface area contributed by atoms with E-state index in [2.05, 4.69) is 33.4 Å². The van der Waals surface area contributed by atoms with Crippen LogP contribution in [0.25, 0.3) is 0 Å². The van der Waals surface area contributed by atoms with Gasteiger partial charge in [0.25, 0.3) is 0 Å². The molecule has 0 amide bonds. The van der Waals surface area contributed by atoms with Crippen LogP contribution < -0.4 is 0 Å². The summed E-state index contributed by atoms with van der Waals surface area (Å²) in [5, 5.41) is 0. The highest BCUT2D eigenvalue weighted by atomic mass is 16.7. The first-order valence-electron chi connectivity index (χ1n) is 11.6. The topological polar surface area (TPSA) is 61.8 Å². The van der Waals surface area contributed by atoms with Gasteiger partial charge in [0.05, 0.1) is 12.0 Å². The standard InChI is InChI=1S/C26H38O5/c1-14(2)13-20(27)30-25-22-21-19(15(3)4)12-11-16(5)9-8-10-17(6)24(21)31-26(22)29-18(7)23(25)28/h9,13,15,18-19,21-22,24-26H,6,8,10-12H2,1-5,7H3/b16-9+/t18-,19+,21+,22+,24-,25+,26+/m1/s1. The molecule has 5 heteroatoms. The van der Waals surface area contributed by atoms with Crippen molar-refractivity contribution in [1.82, 2.24) is 0 Å². The number of hydrogen-bond donors (Lipinski definition) is 0. The van der Waals surface area contributed by atoms with E-state index in [1.165, 1.54) is 11.6 Å². The van der Waals surface area contributed by atoms with E-state index < -0.39 is 24.5 Å². The normalized spacial score (nSPS) is 38.0. The maximum absolute atomic E-state index is 13.1. The zero-order valence-corrected chi connectivity index (χ0v) is 19.9. The summed E-state index contributed by atoms with van der Waals surface area (Å²) in [5.74, 6) is -0.276. The Bertz CT molecular complexity index is 773. The zero-order chi connectivity index (χ0) is 22.9. The molecule has 0 saturated carbocycles. The van der Waals surface area contributed by atoms with Crippen molar-refractivity contribution in [2.24, 2.45) is 23.7 Å². The van der Waals surface area contributed by atoms with Gasteiger partial charge in [-0.25, -0.2) is 4.79 Å². The first kappa shape index (κ1) is 23.9. The van der Waals surface area contributed by atoms with Crippen LogP contribution in [0.5, 0.6) is 0 Å². The van der Waals surface area contributed by atoms with Gasteiger partial charge in [-0.1, -0.05) is 37.6 Å². The summed E-state index contributed by atoms with van der Waals surface area (Å²) in [7, 11) is 0. The summed E-state index contributed by atoms with van der Waals surface area (Å²) in [5.41, 5.74) is 3.27. The minimum absolute atomic E-state index is 0.0179. The van der Waals surface area contributed by atoms with Crippen LogP contribution in [0, 0.1) is 23.7 Å². The van der Waals surface area contributed by atoms with Crippen molar-refractivity contribution >= 4 is 11.8 Å². The molecular weight excluding hydrogens is 392 g/mol. The number of rotatable bonds is 3. The van der Waals surface area contributed by atoms with Crippen LogP contribution in [0.2, 0.25) is 0 Å². The molecule has 3 aliphatic rings. The van der Waals surface area contributed by atoms with Crippen molar-refractivity contribution in [3.8, 4) is 0 Å². The molecule has 0 aromatic heterocycles. The third-order valence-electron chi connectivity index (χ3n) is 6.99. The molecule has 0 spiro atoms. The summed E-state index contributed by atoms with van der Waals surface area (Å²) in [6.45, 7) is 16.4. The molecule has 0 unspecified atom stereocenters. The van der Waals surface area contributed by atoms with E-state index in [4.69, 9.17) is 14.2 Å². The molecule has 2 saturated heterocycles. The summed E-state index contributed by atoms with van der Waals surface area (Å²) in [4.78, 5) is 25.7. The SMILES string of the molecule is C=C1CC/C=C(\C)CC[C@@H](C(C)C)[C@H]2[C@@H]3[C@H](O[C@H]12)O[C@H](C)C(=O)[C@H]3OC(=O)C=C(C)C. The van der Waals surface area contributed by atoms with Crippen LogP contribution in [0.1, 0.15) is 67.2 Å². The van der Waals surface area contributed by atoms with Gasteiger partial charge in [0.1, 0.15) is 6.10 Å². The number of carbonyl (C=O) groups is 2. The third kappa shape index (κ3) is 5.20. The number of esters is 1. The van der Waals surface area contributed by atoms with Gasteiger partial charge in [0.15, 0.2) is 12.4 Å². The van der Waals surface area contributed by atoms with Crippen LogP contribution in [0.3, 0.4) is 0 Å². The molecule has 1 aliphatic carbocycles. The number of ether oxygens (including phenoxy) is 3. The Morgan fingerprint density at radius 3 is 2.58 bits per heavy atom. The summed E-state index contributed by atoms with van der Waals surface area (Å²) >= 11 is 0. The van der Waals surface area contributed by atoms with Gasteiger partial charge in [-0.2, -0.15) is 0 Å². The predicted molar refractivity (Wildman–Crippen MR) is 120 cm³/mol. The smallest absolute Gasteiger partial charge is 0.331 e. The van der Waals surface area contributed by atoms with Gasteiger partial charge >= 0.3 is 5.97 Å². The average Bonchev–Trinajstić information content (AvgIpc) is 3.03. The summed E-state index contributed by atoms with van der Waals surface area (Å²) in [6.07, 6.45) is 5.24. The van der Waals surface area contributed by atoms with E-state index in [0.717, 1.165) is 36.8 Å². The largest absolute Gasteiger partial charge is 0.451 e. The second kappa shape index (κ2) is 9.83. The van der Waals surface area contributed by atoms with E-state index in [1.807, 2.05) is 13.8 Å². The molecule has 5 nitrogen and oxygen atoms in total. The molecule has 2 fully saturated rings. The lowest BCUT2D eigenvalue weighted by molar-refractivity contribution is -0.216. The quantitative estimate of drug-likeness (QED) is 0.352. The molecular formula is C26H38O5. The Kier molecular flexibility index (Phi) is 7.59. The van der Waals surface area contributed by atoms with Crippen molar-refractivity contribution in [2.45, 2.75) is 91.8 Å². The molecule has 0 radical (unpaired) electrons. The van der Waals surface area contributed by atoms with Crippen LogP contribution in [-0.4, -0.2) is 36.4 Å². The number of ketones is 1. The fraction of sp³-hybridized carbons (Fsp3) is 0.692. The number of hydrogen-bond acceptors (Lipinski definition) is 5. The highest BCUT2D eigenvalue weighted by molar-refractivity contribution is 5.92. The van der Waals surface area contributed by atoms with E-state index >= 15 is 0 Å². The lowest BCUT2D eigenvalue weighted by Gasteiger charge is -2.40. The molecule has 3 rings (SSSR count). The summed E-state index contributed by atoms with van der Waals surface area (Å²) in [6, 6.07) is 0. The van der Waals surface area contributed by atoms with Gasteiger partial charge in [-0.05, 0) is 70.8 Å². The lowest BCUT2D eigenvalue weighted by atomic mass is 9.67. The van der Waals surface area contributed by atoms with Gasteiger partial charge in [-0.3, -0.25) is 4.79 Å². The maximum atomic E-state index is 13.1. The van der Waals surface area contributed by atoms with Crippen molar-refractivity contribution < 1.29 is 23.8 Å². The molecule has 31 heavy (non-hydrogen) atoms. The Morgan fingerprint density at radius 2 is 1.94 bits per heavy atom. The monoisotopic (exact) mass is 430 g/mol. The second-order valence-corrected chi connectivity index (χ2v) is 10.0. The Morgan fingerprint density at radius 1 is 1.23 bits per heavy atom. The minimum Gasteiger partial charge on any atom is -0.451 e. The average molecular weight is 431 g/mol. The van der Waals surface area contributed by atoms with Gasteiger partial charge < -0.3 is 14.2 Å². The molecule has 172 valence electrons. The number of Topliss-reactive ketones (excluding diaryl/α,β-unsaturated/α-hetero) is 1. The highest BCUT2D eigenvalue weighted by Gasteiger charge is 2.59. The first-order valence-corrected chi connectivity index (χ1v) is 11.6. The van der Waals surface area contributed by atoms with Crippen molar-refractivity contribution in [3.63, 3.8) is 0 Å². The minimum atomic E-state index is -0.861. The van der Waals surface area contributed by atoms with E-state index in [9.17, 15) is 9.59 Å². The van der Waals surface area contributed by atoms with Crippen molar-refractivity contribution in [2.75, 3.05) is 0 Å². The Balaban J connectivity index is 2.01. The molecule has 0 bridgehead atoms. The van der Waals surface area contributed by atoms with E-state index in [-0.39, 0.29) is 23.7 Å². The van der Waals surface area contributed by atoms with Crippen LogP contribution in [0.4, 0.5) is 0 Å². The Hall–Kier alpha value is -1.72. The lowest BCUT2D eigenvalue weighted by Crippen LogP contribution is -2.53. The number of carbonyl (C=O) groups excluding carboxylic acids is 2. The van der Waals surface area contributed by atoms with Gasteiger partial charge in [0, 0.05) is 12.0 Å². The molecule has 0 aromatic rings. The summed E-state index contributed by atoms with van der Waals surface area (Å²) < 4.78 is 18.2. The van der Waals surface area contributed by atoms with Crippen LogP contribution in [-0.2, 0) is 23.8 Å².